The van der Waals surface area contributed by atoms with Gasteiger partial charge in [0, 0.05) is 0 Å². The fourth-order valence-corrected chi connectivity index (χ4v) is 1.98. The van der Waals surface area contributed by atoms with Gasteiger partial charge in [-0.3, -0.25) is 0 Å². The van der Waals surface area contributed by atoms with Gasteiger partial charge in [-0.05, 0) is 41.2 Å². The Bertz CT molecular complexity index is 579. The van der Waals surface area contributed by atoms with Crippen LogP contribution in [-0.2, 0) is 12.0 Å². The summed E-state index contributed by atoms with van der Waals surface area (Å²) in [6.45, 7) is 8.78. The monoisotopic (exact) mass is 272 g/mol. The van der Waals surface area contributed by atoms with E-state index in [0.717, 1.165) is 11.1 Å². The van der Waals surface area contributed by atoms with Crippen LogP contribution in [-0.4, -0.2) is 0 Å². The van der Waals surface area contributed by atoms with Crippen molar-refractivity contribution in [1.82, 2.24) is 0 Å². The molecule has 20 heavy (non-hydrogen) atoms. The molecule has 0 saturated heterocycles. The van der Waals surface area contributed by atoms with Crippen LogP contribution in [0.25, 0.3) is 0 Å². The lowest BCUT2D eigenvalue weighted by Gasteiger charge is -2.19. The molecule has 0 heterocycles. The summed E-state index contributed by atoms with van der Waals surface area (Å²) in [5.74, 6) is -0.00758. The molecule has 0 saturated carbocycles. The van der Waals surface area contributed by atoms with E-state index in [9.17, 15) is 4.39 Å². The smallest absolute Gasteiger partial charge is 0.165 e. The highest BCUT2D eigenvalue weighted by molar-refractivity contribution is 5.30. The summed E-state index contributed by atoms with van der Waals surface area (Å²) in [4.78, 5) is 0. The van der Waals surface area contributed by atoms with Gasteiger partial charge in [0.15, 0.2) is 11.6 Å². The van der Waals surface area contributed by atoms with E-state index < -0.39 is 0 Å². The number of aryl methyl sites for hydroxylation is 1. The molecule has 0 aliphatic carbocycles. The second-order valence-electron chi connectivity index (χ2n) is 6.17. The second-order valence-corrected chi connectivity index (χ2v) is 6.17. The number of hydrogen-bond donors (Lipinski definition) is 0. The molecule has 0 aromatic heterocycles. The number of hydrogen-bond acceptors (Lipinski definition) is 1. The van der Waals surface area contributed by atoms with Crippen molar-refractivity contribution in [2.75, 3.05) is 0 Å². The van der Waals surface area contributed by atoms with Crippen molar-refractivity contribution >= 4 is 0 Å². The van der Waals surface area contributed by atoms with Crippen molar-refractivity contribution in [3.63, 3.8) is 0 Å². The Morgan fingerprint density at radius 2 is 1.65 bits per heavy atom. The van der Waals surface area contributed by atoms with Gasteiger partial charge >= 0.3 is 0 Å². The Balaban J connectivity index is 2.04. The van der Waals surface area contributed by atoms with E-state index in [2.05, 4.69) is 32.9 Å². The lowest BCUT2D eigenvalue weighted by molar-refractivity contribution is 0.290. The summed E-state index contributed by atoms with van der Waals surface area (Å²) in [5, 5.41) is 0. The summed E-state index contributed by atoms with van der Waals surface area (Å²) in [6, 6.07) is 13.3. The molecule has 0 radical (unpaired) electrons. The molecular weight excluding hydrogens is 251 g/mol. The highest BCUT2D eigenvalue weighted by Gasteiger charge is 2.12. The Kier molecular flexibility index (Phi) is 4.12. The molecule has 0 atom stereocenters. The average Bonchev–Trinajstić information content (AvgIpc) is 2.37. The summed E-state index contributed by atoms with van der Waals surface area (Å²) in [6.07, 6.45) is 0. The molecule has 2 rings (SSSR count). The summed E-state index contributed by atoms with van der Waals surface area (Å²) < 4.78 is 19.2. The van der Waals surface area contributed by atoms with E-state index >= 15 is 0 Å². The van der Waals surface area contributed by atoms with Crippen LogP contribution in [0.3, 0.4) is 0 Å². The van der Waals surface area contributed by atoms with E-state index in [4.69, 9.17) is 4.74 Å². The second kappa shape index (κ2) is 5.66. The van der Waals surface area contributed by atoms with Gasteiger partial charge in [0.1, 0.15) is 6.61 Å². The molecular formula is C18H21FO. The van der Waals surface area contributed by atoms with E-state index in [1.165, 1.54) is 11.6 Å². The first kappa shape index (κ1) is 14.6. The Morgan fingerprint density at radius 1 is 1.00 bits per heavy atom. The minimum atomic E-state index is -0.309. The molecule has 0 spiro atoms. The molecule has 0 aliphatic rings. The van der Waals surface area contributed by atoms with Crippen LogP contribution in [0, 0.1) is 12.7 Å². The van der Waals surface area contributed by atoms with Crippen molar-refractivity contribution in [2.45, 2.75) is 39.7 Å². The maximum absolute atomic E-state index is 13.6. The first-order valence-corrected chi connectivity index (χ1v) is 6.84. The summed E-state index contributed by atoms with van der Waals surface area (Å²) in [7, 11) is 0. The fourth-order valence-electron chi connectivity index (χ4n) is 1.98. The minimum absolute atomic E-state index is 0.141. The maximum Gasteiger partial charge on any atom is 0.165 e. The Labute approximate surface area is 120 Å². The van der Waals surface area contributed by atoms with Gasteiger partial charge < -0.3 is 4.74 Å². The van der Waals surface area contributed by atoms with Crippen molar-refractivity contribution in [1.29, 1.82) is 0 Å². The van der Waals surface area contributed by atoms with Crippen LogP contribution in [0.2, 0.25) is 0 Å². The zero-order chi connectivity index (χ0) is 14.8. The molecule has 0 N–H and O–H groups in total. The lowest BCUT2D eigenvalue weighted by Crippen LogP contribution is -2.10. The number of rotatable bonds is 3. The van der Waals surface area contributed by atoms with Gasteiger partial charge in [0.05, 0.1) is 0 Å². The highest BCUT2D eigenvalue weighted by atomic mass is 19.1. The predicted molar refractivity (Wildman–Crippen MR) is 80.6 cm³/mol. The molecule has 0 aliphatic heterocycles. The van der Waals surface area contributed by atoms with Crippen LogP contribution < -0.4 is 4.74 Å². The maximum atomic E-state index is 13.6. The van der Waals surface area contributed by atoms with Crippen molar-refractivity contribution in [3.8, 4) is 5.75 Å². The Morgan fingerprint density at radius 3 is 2.20 bits per heavy atom. The first-order valence-electron chi connectivity index (χ1n) is 6.84. The van der Waals surface area contributed by atoms with Gasteiger partial charge in [-0.1, -0.05) is 51.1 Å². The van der Waals surface area contributed by atoms with Crippen molar-refractivity contribution in [2.24, 2.45) is 0 Å². The first-order chi connectivity index (χ1) is 9.36. The lowest BCUT2D eigenvalue weighted by atomic mass is 9.87. The fraction of sp³-hybridized carbons (Fsp3) is 0.333. The van der Waals surface area contributed by atoms with E-state index in [1.54, 1.807) is 6.07 Å². The quantitative estimate of drug-likeness (QED) is 0.763. The molecule has 2 heteroatoms. The SMILES string of the molecule is Cc1ccc(OCc2ccc(C(C)(C)C)cc2)c(F)c1. The number of halogens is 1. The van der Waals surface area contributed by atoms with Crippen LogP contribution in [0.15, 0.2) is 42.5 Å². The zero-order valence-electron chi connectivity index (χ0n) is 12.5. The van der Waals surface area contributed by atoms with E-state index in [-0.39, 0.29) is 11.2 Å². The third kappa shape index (κ3) is 3.60. The molecule has 0 fully saturated rings. The number of benzene rings is 2. The topological polar surface area (TPSA) is 9.23 Å². The van der Waals surface area contributed by atoms with Crippen molar-refractivity contribution in [3.05, 3.63) is 65.0 Å². The van der Waals surface area contributed by atoms with Crippen LogP contribution in [0.1, 0.15) is 37.5 Å². The molecule has 2 aromatic carbocycles. The highest BCUT2D eigenvalue weighted by Crippen LogP contribution is 2.23. The number of ether oxygens (including phenoxy) is 1. The van der Waals surface area contributed by atoms with Crippen LogP contribution in [0.4, 0.5) is 4.39 Å². The van der Waals surface area contributed by atoms with E-state index in [1.807, 2.05) is 25.1 Å². The molecule has 2 aromatic rings. The Hall–Kier alpha value is -1.83. The van der Waals surface area contributed by atoms with E-state index in [0.29, 0.717) is 12.4 Å². The molecule has 0 amide bonds. The van der Waals surface area contributed by atoms with Crippen molar-refractivity contribution < 1.29 is 9.13 Å². The molecule has 106 valence electrons. The third-order valence-electron chi connectivity index (χ3n) is 3.30. The van der Waals surface area contributed by atoms with Crippen LogP contribution in [0.5, 0.6) is 5.75 Å². The summed E-state index contributed by atoms with van der Waals surface area (Å²) in [5.41, 5.74) is 3.35. The molecule has 0 unspecified atom stereocenters. The van der Waals surface area contributed by atoms with Gasteiger partial charge in [-0.25, -0.2) is 4.39 Å². The zero-order valence-corrected chi connectivity index (χ0v) is 12.5. The van der Waals surface area contributed by atoms with Crippen LogP contribution >= 0.6 is 0 Å². The largest absolute Gasteiger partial charge is 0.486 e. The van der Waals surface area contributed by atoms with Gasteiger partial charge in [-0.2, -0.15) is 0 Å². The minimum Gasteiger partial charge on any atom is -0.486 e. The normalized spacial score (nSPS) is 11.4. The summed E-state index contributed by atoms with van der Waals surface area (Å²) >= 11 is 0. The third-order valence-corrected chi connectivity index (χ3v) is 3.30. The average molecular weight is 272 g/mol. The van der Waals surface area contributed by atoms with Gasteiger partial charge in [-0.15, -0.1) is 0 Å². The molecule has 1 nitrogen and oxygen atoms in total. The van der Waals surface area contributed by atoms with Gasteiger partial charge in [0.2, 0.25) is 0 Å². The van der Waals surface area contributed by atoms with Gasteiger partial charge in [0.25, 0.3) is 0 Å². The molecule has 0 bridgehead atoms. The predicted octanol–water partition coefficient (Wildman–Crippen LogP) is 5.01. The standard InChI is InChI=1S/C18H21FO/c1-13-5-10-17(16(19)11-13)20-12-14-6-8-15(9-7-14)18(2,3)4/h5-11H,12H2,1-4H3.